The Bertz CT molecular complexity index is 1380. The molecule has 1 saturated carbocycles. The number of nitrogens with one attached hydrogen (secondary N) is 2. The Hall–Kier alpha value is -3.39. The van der Waals surface area contributed by atoms with Gasteiger partial charge in [-0.2, -0.15) is 5.10 Å². The molecular weight excluding hydrogens is 450 g/mol. The Morgan fingerprint density at radius 2 is 1.85 bits per heavy atom. The van der Waals surface area contributed by atoms with E-state index in [0.29, 0.717) is 17.7 Å². The predicted molar refractivity (Wildman–Crippen MR) is 131 cm³/mol. The number of sulfonamides is 1. The first-order chi connectivity index (χ1) is 16.2. The Balaban J connectivity index is 1.65. The van der Waals surface area contributed by atoms with Crippen LogP contribution in [0, 0.1) is 11.8 Å². The molecule has 0 spiro atoms. The first-order valence-corrected chi connectivity index (χ1v) is 13.2. The van der Waals surface area contributed by atoms with Crippen LogP contribution in [-0.4, -0.2) is 35.8 Å². The van der Waals surface area contributed by atoms with Crippen LogP contribution in [0.1, 0.15) is 36.6 Å². The molecule has 34 heavy (non-hydrogen) atoms. The van der Waals surface area contributed by atoms with E-state index in [1.807, 2.05) is 37.3 Å². The molecular formula is C26H27N3O4S. The Kier molecular flexibility index (Phi) is 5.36. The summed E-state index contributed by atoms with van der Waals surface area (Å²) in [6.45, 7) is 1.96. The van der Waals surface area contributed by atoms with Gasteiger partial charge in [-0.3, -0.25) is 14.6 Å². The van der Waals surface area contributed by atoms with Crippen molar-refractivity contribution in [3.8, 4) is 11.3 Å². The SMILES string of the molecule is C[C@@H]1C(=O)/C(=C\O)C[C@]2(c3ccccc3)c3[nH]nc(-c4ccc(NS(C)(=O)=O)cc4)c3CC[C@@H]12. The normalized spacial score (nSPS) is 25.6. The number of nitrogens with zero attached hydrogens (tertiary/aromatic N) is 1. The lowest BCUT2D eigenvalue weighted by Crippen LogP contribution is -2.50. The summed E-state index contributed by atoms with van der Waals surface area (Å²) in [6.07, 6.45) is 4.11. The van der Waals surface area contributed by atoms with E-state index >= 15 is 0 Å². The molecule has 2 aliphatic carbocycles. The summed E-state index contributed by atoms with van der Waals surface area (Å²) < 4.78 is 25.6. The summed E-state index contributed by atoms with van der Waals surface area (Å²) in [7, 11) is -3.35. The number of rotatable bonds is 4. The first-order valence-electron chi connectivity index (χ1n) is 11.3. The maximum atomic E-state index is 13.0. The van der Waals surface area contributed by atoms with Crippen molar-refractivity contribution in [1.29, 1.82) is 0 Å². The van der Waals surface area contributed by atoms with Crippen molar-refractivity contribution >= 4 is 21.5 Å². The number of aromatic nitrogens is 2. The number of Topliss-reactive ketones (excluding diaryl/α,β-unsaturated/α-hetero) is 1. The average molecular weight is 478 g/mol. The van der Waals surface area contributed by atoms with Crippen LogP contribution >= 0.6 is 0 Å². The number of carbonyl (C=O) groups excluding carboxylic acids is 1. The van der Waals surface area contributed by atoms with Crippen molar-refractivity contribution in [3.63, 3.8) is 0 Å². The summed E-state index contributed by atoms with van der Waals surface area (Å²) in [5.41, 5.74) is 5.33. The number of fused-ring (bicyclic) bond motifs is 3. The quantitative estimate of drug-likeness (QED) is 0.382. The van der Waals surface area contributed by atoms with Gasteiger partial charge in [0.1, 0.15) is 0 Å². The van der Waals surface area contributed by atoms with Crippen molar-refractivity contribution in [2.24, 2.45) is 11.8 Å². The number of hydrogen-bond donors (Lipinski definition) is 3. The van der Waals surface area contributed by atoms with Crippen molar-refractivity contribution in [2.75, 3.05) is 11.0 Å². The third-order valence-electron chi connectivity index (χ3n) is 7.36. The number of hydrogen-bond acceptors (Lipinski definition) is 5. The van der Waals surface area contributed by atoms with E-state index in [9.17, 15) is 18.3 Å². The number of aliphatic hydroxyl groups is 1. The highest BCUT2D eigenvalue weighted by Gasteiger charge is 2.55. The highest BCUT2D eigenvalue weighted by molar-refractivity contribution is 7.92. The van der Waals surface area contributed by atoms with Crippen LogP contribution < -0.4 is 4.72 Å². The van der Waals surface area contributed by atoms with Crippen molar-refractivity contribution in [3.05, 3.63) is 83.3 Å². The molecule has 5 rings (SSSR count). The second kappa shape index (κ2) is 8.13. The van der Waals surface area contributed by atoms with Gasteiger partial charge in [0.25, 0.3) is 0 Å². The molecule has 8 heteroatoms. The number of ketones is 1. The highest BCUT2D eigenvalue weighted by Crippen LogP contribution is 2.56. The monoisotopic (exact) mass is 477 g/mol. The lowest BCUT2D eigenvalue weighted by Gasteiger charge is -2.50. The van der Waals surface area contributed by atoms with Crippen molar-refractivity contribution in [2.45, 2.75) is 31.6 Å². The van der Waals surface area contributed by atoms with Crippen molar-refractivity contribution < 1.29 is 18.3 Å². The standard InChI is InChI=1S/C26H27N3O4S/c1-16-22-13-12-21-23(17-8-10-20(11-9-17)29-34(2,32)33)27-28-25(21)26(22,14-18(15-30)24(16)31)19-6-4-3-5-7-19/h3-11,15-16,22,29-30H,12-14H2,1-2H3,(H,27,28)/b18-15-/t16-,22-,26+/m0/s1. The summed E-state index contributed by atoms with van der Waals surface area (Å²) in [5.74, 6) is -0.141. The topological polar surface area (TPSA) is 112 Å². The van der Waals surface area contributed by atoms with Crippen LogP contribution in [0.5, 0.6) is 0 Å². The lowest BCUT2D eigenvalue weighted by atomic mass is 9.52. The fourth-order valence-corrected chi connectivity index (χ4v) is 6.49. The number of anilines is 1. The number of allylic oxidation sites excluding steroid dienone is 1. The second-order valence-electron chi connectivity index (χ2n) is 9.34. The predicted octanol–water partition coefficient (Wildman–Crippen LogP) is 4.35. The molecule has 2 aliphatic rings. The first kappa shape index (κ1) is 22.4. The molecule has 1 heterocycles. The zero-order valence-corrected chi connectivity index (χ0v) is 19.9. The second-order valence-corrected chi connectivity index (χ2v) is 11.1. The van der Waals surface area contributed by atoms with E-state index in [0.717, 1.165) is 53.4 Å². The highest BCUT2D eigenvalue weighted by atomic mass is 32.2. The minimum Gasteiger partial charge on any atom is -0.515 e. The number of benzene rings is 2. The smallest absolute Gasteiger partial charge is 0.229 e. The molecule has 0 bridgehead atoms. The van der Waals surface area contributed by atoms with Crippen LogP contribution in [0.15, 0.2) is 66.4 Å². The minimum atomic E-state index is -3.35. The van der Waals surface area contributed by atoms with Gasteiger partial charge < -0.3 is 5.11 Å². The number of H-pyrrole nitrogens is 1. The molecule has 0 aliphatic heterocycles. The zero-order chi connectivity index (χ0) is 24.1. The molecule has 0 amide bonds. The molecule has 2 aromatic carbocycles. The van der Waals surface area contributed by atoms with E-state index in [2.05, 4.69) is 22.0 Å². The van der Waals surface area contributed by atoms with Crippen LogP contribution in [0.3, 0.4) is 0 Å². The van der Waals surface area contributed by atoms with Gasteiger partial charge in [0.2, 0.25) is 10.0 Å². The number of aromatic amines is 1. The Labute approximate surface area is 199 Å². The number of carbonyl (C=O) groups is 1. The Morgan fingerprint density at radius 1 is 1.15 bits per heavy atom. The third kappa shape index (κ3) is 3.53. The van der Waals surface area contributed by atoms with Gasteiger partial charge in [-0.05, 0) is 42.9 Å². The fraction of sp³-hybridized carbons (Fsp3) is 0.308. The summed E-state index contributed by atoms with van der Waals surface area (Å²) >= 11 is 0. The summed E-state index contributed by atoms with van der Waals surface area (Å²) in [6, 6.07) is 17.3. The fourth-order valence-electron chi connectivity index (χ4n) is 5.92. The molecule has 7 nitrogen and oxygen atoms in total. The van der Waals surface area contributed by atoms with Crippen LogP contribution in [0.2, 0.25) is 0 Å². The van der Waals surface area contributed by atoms with Gasteiger partial charge in [0.15, 0.2) is 5.78 Å². The van der Waals surface area contributed by atoms with Crippen LogP contribution in [0.4, 0.5) is 5.69 Å². The third-order valence-corrected chi connectivity index (χ3v) is 7.97. The average Bonchev–Trinajstić information content (AvgIpc) is 3.26. The molecule has 0 unspecified atom stereocenters. The molecule has 0 radical (unpaired) electrons. The molecule has 3 atom stereocenters. The van der Waals surface area contributed by atoms with Gasteiger partial charge in [0, 0.05) is 33.7 Å². The van der Waals surface area contributed by atoms with Gasteiger partial charge in [0.05, 0.1) is 23.9 Å². The maximum Gasteiger partial charge on any atom is 0.229 e. The van der Waals surface area contributed by atoms with E-state index in [1.54, 1.807) is 12.1 Å². The largest absolute Gasteiger partial charge is 0.515 e. The maximum absolute atomic E-state index is 13.0. The number of aliphatic hydroxyl groups excluding tert-OH is 1. The molecule has 1 aromatic heterocycles. The summed E-state index contributed by atoms with van der Waals surface area (Å²) in [4.78, 5) is 13.0. The van der Waals surface area contributed by atoms with Gasteiger partial charge >= 0.3 is 0 Å². The molecule has 1 fully saturated rings. The van der Waals surface area contributed by atoms with Gasteiger partial charge in [-0.15, -0.1) is 0 Å². The molecule has 3 N–H and O–H groups in total. The van der Waals surface area contributed by atoms with Crippen molar-refractivity contribution in [1.82, 2.24) is 10.2 Å². The van der Waals surface area contributed by atoms with E-state index < -0.39 is 15.4 Å². The lowest BCUT2D eigenvalue weighted by molar-refractivity contribution is -0.123. The van der Waals surface area contributed by atoms with E-state index in [1.165, 1.54) is 0 Å². The summed E-state index contributed by atoms with van der Waals surface area (Å²) in [5, 5.41) is 17.9. The van der Waals surface area contributed by atoms with E-state index in [4.69, 9.17) is 5.10 Å². The van der Waals surface area contributed by atoms with E-state index in [-0.39, 0.29) is 17.6 Å². The minimum absolute atomic E-state index is 0.0104. The van der Waals surface area contributed by atoms with Gasteiger partial charge in [-0.1, -0.05) is 49.4 Å². The van der Waals surface area contributed by atoms with Crippen LogP contribution in [0.25, 0.3) is 11.3 Å². The Morgan fingerprint density at radius 3 is 2.50 bits per heavy atom. The molecule has 3 aromatic rings. The molecule has 0 saturated heterocycles. The van der Waals surface area contributed by atoms with Crippen LogP contribution in [-0.2, 0) is 26.7 Å². The zero-order valence-electron chi connectivity index (χ0n) is 19.1. The van der Waals surface area contributed by atoms with Gasteiger partial charge in [-0.25, -0.2) is 8.42 Å². The molecule has 176 valence electrons.